The molecule has 1 aromatic heterocycles. The summed E-state index contributed by atoms with van der Waals surface area (Å²) in [4.78, 5) is 13.3. The van der Waals surface area contributed by atoms with Crippen LogP contribution in [0.1, 0.15) is 6.42 Å². The zero-order valence-electron chi connectivity index (χ0n) is 11.0. The van der Waals surface area contributed by atoms with Crippen molar-refractivity contribution in [2.45, 2.75) is 22.7 Å². The molecule has 0 aromatic carbocycles. The lowest BCUT2D eigenvalue weighted by Crippen LogP contribution is -2.36. The Morgan fingerprint density at radius 2 is 2.25 bits per heavy atom. The van der Waals surface area contributed by atoms with Crippen molar-refractivity contribution >= 4 is 38.9 Å². The van der Waals surface area contributed by atoms with E-state index in [1.807, 2.05) is 0 Å². The van der Waals surface area contributed by atoms with Gasteiger partial charge in [0, 0.05) is 12.6 Å². The molecule has 0 radical (unpaired) electrons. The molecule has 6 nitrogen and oxygen atoms in total. The number of nitrogens with zero attached hydrogens (tertiary/aromatic N) is 1. The Bertz CT molecular complexity index is 601. The second-order valence-corrected chi connectivity index (χ2v) is 8.25. The van der Waals surface area contributed by atoms with Crippen molar-refractivity contribution in [3.63, 3.8) is 0 Å². The number of likely N-dealkylation sites (tertiary alicyclic amines) is 1. The van der Waals surface area contributed by atoms with Crippen molar-refractivity contribution in [2.24, 2.45) is 0 Å². The minimum Gasteiger partial charge on any atom is -0.468 e. The van der Waals surface area contributed by atoms with Crippen LogP contribution in [0, 0.1) is 0 Å². The van der Waals surface area contributed by atoms with Gasteiger partial charge < -0.3 is 4.74 Å². The van der Waals surface area contributed by atoms with Gasteiger partial charge in [0.2, 0.25) is 10.0 Å². The smallest absolute Gasteiger partial charge is 0.323 e. The highest BCUT2D eigenvalue weighted by molar-refractivity contribution is 7.91. The Hall–Kier alpha value is -0.670. The molecule has 20 heavy (non-hydrogen) atoms. The molecular formula is C11H15ClN2O4S2. The second kappa shape index (κ2) is 5.98. The van der Waals surface area contributed by atoms with Gasteiger partial charge in [0.25, 0.3) is 0 Å². The molecule has 1 saturated heterocycles. The van der Waals surface area contributed by atoms with Crippen molar-refractivity contribution < 1.29 is 17.9 Å². The summed E-state index contributed by atoms with van der Waals surface area (Å²) in [6, 6.07) is 2.26. The molecule has 2 atom stereocenters. The predicted molar refractivity (Wildman–Crippen MR) is 76.5 cm³/mol. The second-order valence-electron chi connectivity index (χ2n) is 4.59. The lowest BCUT2D eigenvalue weighted by atomic mass is 10.2. The van der Waals surface area contributed by atoms with Gasteiger partial charge in [-0.2, -0.15) is 0 Å². The normalized spacial score (nSPS) is 23.9. The van der Waals surface area contributed by atoms with Gasteiger partial charge in [0.1, 0.15) is 10.3 Å². The maximum Gasteiger partial charge on any atom is 0.323 e. The third kappa shape index (κ3) is 3.32. The van der Waals surface area contributed by atoms with E-state index in [1.165, 1.54) is 13.2 Å². The van der Waals surface area contributed by atoms with Gasteiger partial charge in [-0.25, -0.2) is 13.1 Å². The summed E-state index contributed by atoms with van der Waals surface area (Å²) in [7, 11) is -0.514. The van der Waals surface area contributed by atoms with Crippen LogP contribution in [0.25, 0.3) is 0 Å². The molecule has 0 spiro atoms. The first-order valence-corrected chi connectivity index (χ1v) is 8.57. The molecule has 2 rings (SSSR count). The standard InChI is InChI=1S/C11H15ClN2O4S2/c1-14-6-7(5-8(14)11(15)18-2)13-20(16,17)10-4-3-9(12)19-10/h3-4,7-8,13H,5-6H2,1-2H3/t7-,8-/m0/s1. The van der Waals surface area contributed by atoms with Gasteiger partial charge in [-0.05, 0) is 25.6 Å². The summed E-state index contributed by atoms with van der Waals surface area (Å²) < 4.78 is 32.2. The predicted octanol–water partition coefficient (Wildman–Crippen LogP) is 0.925. The molecule has 1 fully saturated rings. The minimum absolute atomic E-state index is 0.173. The van der Waals surface area contributed by atoms with E-state index in [2.05, 4.69) is 4.72 Å². The van der Waals surface area contributed by atoms with Gasteiger partial charge in [-0.1, -0.05) is 11.6 Å². The first-order valence-electron chi connectivity index (χ1n) is 5.89. The van der Waals surface area contributed by atoms with Crippen molar-refractivity contribution in [1.29, 1.82) is 0 Å². The zero-order valence-corrected chi connectivity index (χ0v) is 13.4. The van der Waals surface area contributed by atoms with Crippen LogP contribution in [0.2, 0.25) is 4.34 Å². The Balaban J connectivity index is 2.06. The van der Waals surface area contributed by atoms with Crippen LogP contribution in [0.4, 0.5) is 0 Å². The maximum atomic E-state index is 12.2. The fourth-order valence-corrected chi connectivity index (χ4v) is 4.96. The average molecular weight is 339 g/mol. The number of esters is 1. The zero-order chi connectivity index (χ0) is 14.9. The lowest BCUT2D eigenvalue weighted by Gasteiger charge is -2.15. The van der Waals surface area contributed by atoms with E-state index in [4.69, 9.17) is 16.3 Å². The third-order valence-electron chi connectivity index (χ3n) is 3.16. The number of carbonyl (C=O) groups excluding carboxylic acids is 1. The number of sulfonamides is 1. The number of carbonyl (C=O) groups is 1. The maximum absolute atomic E-state index is 12.2. The van der Waals surface area contributed by atoms with E-state index in [0.717, 1.165) is 11.3 Å². The van der Waals surface area contributed by atoms with Gasteiger partial charge in [-0.3, -0.25) is 9.69 Å². The molecule has 0 saturated carbocycles. The monoisotopic (exact) mass is 338 g/mol. The summed E-state index contributed by atoms with van der Waals surface area (Å²) >= 11 is 6.75. The number of ether oxygens (including phenoxy) is 1. The van der Waals surface area contributed by atoms with Gasteiger partial charge in [0.05, 0.1) is 11.4 Å². The molecule has 112 valence electrons. The molecule has 1 aromatic rings. The molecule has 0 unspecified atom stereocenters. The number of hydrogen-bond acceptors (Lipinski definition) is 6. The molecule has 9 heteroatoms. The average Bonchev–Trinajstić information content (AvgIpc) is 2.95. The molecule has 2 heterocycles. The van der Waals surface area contributed by atoms with E-state index < -0.39 is 16.1 Å². The summed E-state index contributed by atoms with van der Waals surface area (Å²) in [6.07, 6.45) is 0.390. The molecule has 0 aliphatic carbocycles. The highest BCUT2D eigenvalue weighted by atomic mass is 35.5. The molecule has 1 aliphatic rings. The van der Waals surface area contributed by atoms with Crippen LogP contribution in [0.3, 0.4) is 0 Å². The van der Waals surface area contributed by atoms with E-state index in [-0.39, 0.29) is 16.2 Å². The molecular weight excluding hydrogens is 324 g/mol. The number of methoxy groups -OCH3 is 1. The van der Waals surface area contributed by atoms with E-state index in [1.54, 1.807) is 18.0 Å². The van der Waals surface area contributed by atoms with Crippen molar-refractivity contribution in [3.05, 3.63) is 16.5 Å². The number of nitrogens with one attached hydrogen (secondary N) is 1. The molecule has 0 bridgehead atoms. The topological polar surface area (TPSA) is 75.7 Å². The lowest BCUT2D eigenvalue weighted by molar-refractivity contribution is -0.145. The van der Waals surface area contributed by atoms with Gasteiger partial charge in [0.15, 0.2) is 0 Å². The number of thiophene rings is 1. The number of hydrogen-bond donors (Lipinski definition) is 1. The fraction of sp³-hybridized carbons (Fsp3) is 0.545. The highest BCUT2D eigenvalue weighted by Crippen LogP contribution is 2.26. The van der Waals surface area contributed by atoms with Crippen molar-refractivity contribution in [2.75, 3.05) is 20.7 Å². The first-order chi connectivity index (χ1) is 9.33. The summed E-state index contributed by atoms with van der Waals surface area (Å²) in [5.41, 5.74) is 0. The summed E-state index contributed by atoms with van der Waals surface area (Å²) in [6.45, 7) is 0.456. The summed E-state index contributed by atoms with van der Waals surface area (Å²) in [5.74, 6) is -0.353. The van der Waals surface area contributed by atoms with Crippen LogP contribution in [0.5, 0.6) is 0 Å². The van der Waals surface area contributed by atoms with Gasteiger partial charge in [-0.15, -0.1) is 11.3 Å². The van der Waals surface area contributed by atoms with Crippen LogP contribution in [-0.2, 0) is 19.6 Å². The summed E-state index contributed by atoms with van der Waals surface area (Å²) in [5, 5.41) is 0. The first kappa shape index (κ1) is 15.7. The van der Waals surface area contributed by atoms with Gasteiger partial charge >= 0.3 is 5.97 Å². The fourth-order valence-electron chi connectivity index (χ4n) is 2.22. The quantitative estimate of drug-likeness (QED) is 0.826. The van der Waals surface area contributed by atoms with Crippen LogP contribution >= 0.6 is 22.9 Å². The SMILES string of the molecule is COC(=O)[C@@H]1C[C@H](NS(=O)(=O)c2ccc(Cl)s2)CN1C. The molecule has 1 N–H and O–H groups in total. The largest absolute Gasteiger partial charge is 0.468 e. The third-order valence-corrected chi connectivity index (χ3v) is 6.40. The Morgan fingerprint density at radius 3 is 2.80 bits per heavy atom. The van der Waals surface area contributed by atoms with Crippen LogP contribution < -0.4 is 4.72 Å². The number of likely N-dealkylation sites (N-methyl/N-ethyl adjacent to an activating group) is 1. The molecule has 1 aliphatic heterocycles. The number of halogens is 1. The number of rotatable bonds is 4. The van der Waals surface area contributed by atoms with Crippen LogP contribution in [0.15, 0.2) is 16.3 Å². The van der Waals surface area contributed by atoms with Crippen molar-refractivity contribution in [1.82, 2.24) is 9.62 Å². The van der Waals surface area contributed by atoms with E-state index in [0.29, 0.717) is 17.3 Å². The minimum atomic E-state index is -3.60. The van der Waals surface area contributed by atoms with Crippen molar-refractivity contribution in [3.8, 4) is 0 Å². The van der Waals surface area contributed by atoms with Crippen LogP contribution in [-0.4, -0.2) is 52.1 Å². The Labute approximate surface area is 126 Å². The Kier molecular flexibility index (Phi) is 4.70. The molecule has 0 amide bonds. The highest BCUT2D eigenvalue weighted by Gasteiger charge is 2.37. The Morgan fingerprint density at radius 1 is 1.55 bits per heavy atom. The van der Waals surface area contributed by atoms with E-state index in [9.17, 15) is 13.2 Å². The van der Waals surface area contributed by atoms with E-state index >= 15 is 0 Å².